The van der Waals surface area contributed by atoms with Crippen molar-refractivity contribution in [2.24, 2.45) is 39.4 Å². The van der Waals surface area contributed by atoms with Gasteiger partial charge in [-0.25, -0.2) is 0 Å². The first-order chi connectivity index (χ1) is 12.7. The molecule has 4 fully saturated rings. The Bertz CT molecular complexity index is 646. The van der Waals surface area contributed by atoms with Gasteiger partial charge in [-0.3, -0.25) is 4.79 Å². The van der Waals surface area contributed by atoms with E-state index in [4.69, 9.17) is 4.74 Å². The Balaban J connectivity index is 1.75. The van der Waals surface area contributed by atoms with E-state index in [1.165, 1.54) is 0 Å². The van der Waals surface area contributed by atoms with Crippen LogP contribution in [0.3, 0.4) is 0 Å². The average molecular weight is 377 g/mol. The molecule has 0 aromatic rings. The van der Waals surface area contributed by atoms with Gasteiger partial charge in [0.05, 0.1) is 18.1 Å². The number of aliphatic hydroxyl groups is 1. The van der Waals surface area contributed by atoms with Crippen molar-refractivity contribution in [3.8, 4) is 0 Å². The molecule has 0 aromatic carbocycles. The molecule has 0 radical (unpaired) electrons. The van der Waals surface area contributed by atoms with E-state index in [1.54, 1.807) is 0 Å². The van der Waals surface area contributed by atoms with Gasteiger partial charge < -0.3 is 14.6 Å². The summed E-state index contributed by atoms with van der Waals surface area (Å²) in [7, 11) is 0. The molecule has 0 aliphatic heterocycles. The zero-order chi connectivity index (χ0) is 19.7. The monoisotopic (exact) mass is 376 g/mol. The Morgan fingerprint density at radius 1 is 1.11 bits per heavy atom. The third kappa shape index (κ3) is 2.31. The molecule has 2 bridgehead atoms. The Labute approximate surface area is 163 Å². The molecule has 1 spiro atoms. The minimum atomic E-state index is -0.514. The third-order valence-electron chi connectivity index (χ3n) is 9.71. The molecule has 27 heavy (non-hydrogen) atoms. The predicted octanol–water partition coefficient (Wildman–Crippen LogP) is 4.14. The quantitative estimate of drug-likeness (QED) is 0.594. The molecule has 152 valence electrons. The number of ether oxygens (including phenoxy) is 1. The maximum Gasteiger partial charge on any atom is 0.312 e. The fourth-order valence-electron chi connectivity index (χ4n) is 8.63. The maximum absolute atomic E-state index is 12.9. The van der Waals surface area contributed by atoms with E-state index in [0.29, 0.717) is 18.4 Å². The van der Waals surface area contributed by atoms with Gasteiger partial charge in [0.15, 0.2) is 0 Å². The van der Waals surface area contributed by atoms with Gasteiger partial charge >= 0.3 is 5.97 Å². The van der Waals surface area contributed by atoms with Gasteiger partial charge in [0, 0.05) is 5.92 Å². The highest BCUT2D eigenvalue weighted by Gasteiger charge is 2.71. The van der Waals surface area contributed by atoms with Crippen molar-refractivity contribution in [2.75, 3.05) is 6.61 Å². The number of esters is 1. The van der Waals surface area contributed by atoms with Crippen molar-refractivity contribution in [3.05, 3.63) is 0 Å². The van der Waals surface area contributed by atoms with E-state index >= 15 is 0 Å². The average Bonchev–Trinajstić information content (AvgIpc) is 2.76. The smallest absolute Gasteiger partial charge is 0.312 e. The highest BCUT2D eigenvalue weighted by Crippen LogP contribution is 2.75. The summed E-state index contributed by atoms with van der Waals surface area (Å²) in [5.74, 6) is 0.445. The largest absolute Gasteiger partial charge is 0.466 e. The van der Waals surface area contributed by atoms with Gasteiger partial charge in [-0.05, 0) is 86.9 Å². The number of carbonyl (C=O) groups excluding carboxylic acids is 2. The summed E-state index contributed by atoms with van der Waals surface area (Å²) in [5.41, 5.74) is -0.569. The Kier molecular flexibility index (Phi) is 4.35. The van der Waals surface area contributed by atoms with Crippen LogP contribution in [-0.4, -0.2) is 30.1 Å². The molecular weight excluding hydrogens is 340 g/mol. The number of rotatable bonds is 3. The summed E-state index contributed by atoms with van der Waals surface area (Å²) in [6, 6.07) is 0. The first kappa shape index (κ1) is 19.4. The van der Waals surface area contributed by atoms with E-state index in [0.717, 1.165) is 57.7 Å². The molecule has 1 N–H and O–H groups in total. The molecule has 4 rings (SSSR count). The minimum absolute atomic E-state index is 0.0316. The molecule has 0 saturated heterocycles. The summed E-state index contributed by atoms with van der Waals surface area (Å²) in [6.07, 6.45) is 8.58. The van der Waals surface area contributed by atoms with Crippen LogP contribution in [0.4, 0.5) is 0 Å². The fraction of sp³-hybridized carbons (Fsp3) is 0.913. The maximum atomic E-state index is 12.9. The third-order valence-corrected chi connectivity index (χ3v) is 9.71. The van der Waals surface area contributed by atoms with Crippen LogP contribution in [0, 0.1) is 39.4 Å². The van der Waals surface area contributed by atoms with Crippen LogP contribution in [0.15, 0.2) is 0 Å². The number of hydrogen-bond donors (Lipinski definition) is 1. The molecule has 4 aliphatic carbocycles. The molecule has 0 aromatic heterocycles. The van der Waals surface area contributed by atoms with Crippen molar-refractivity contribution < 1.29 is 19.4 Å². The number of aliphatic hydroxyl groups excluding tert-OH is 1. The highest BCUT2D eigenvalue weighted by molar-refractivity contribution is 5.77. The Hall–Kier alpha value is -0.900. The number of aldehydes is 1. The zero-order valence-electron chi connectivity index (χ0n) is 17.4. The molecule has 4 nitrogen and oxygen atoms in total. The molecule has 4 saturated carbocycles. The van der Waals surface area contributed by atoms with E-state index in [2.05, 4.69) is 20.8 Å². The van der Waals surface area contributed by atoms with Gasteiger partial charge in [0.2, 0.25) is 0 Å². The SMILES string of the molecule is CCOC(=O)[C@]1(C)CCC[C@@]2(C)[C@@H]3CC[C@@]4(C)C[C@]3(CC[C@@H]21)[C@H](C=O)[C@H]4O. The van der Waals surface area contributed by atoms with Crippen LogP contribution in [0.2, 0.25) is 0 Å². The van der Waals surface area contributed by atoms with Crippen molar-refractivity contribution in [1.82, 2.24) is 0 Å². The second-order valence-electron chi connectivity index (χ2n) is 10.9. The summed E-state index contributed by atoms with van der Waals surface area (Å²) < 4.78 is 5.51. The Morgan fingerprint density at radius 2 is 1.81 bits per heavy atom. The molecule has 0 unspecified atom stereocenters. The van der Waals surface area contributed by atoms with Crippen LogP contribution in [0.25, 0.3) is 0 Å². The Morgan fingerprint density at radius 3 is 2.48 bits per heavy atom. The standard InChI is InChI=1S/C23H36O4/c1-5-27-19(26)22(4)10-6-9-21(3)16(22)8-12-23-14-20(2,11-7-17(21)23)18(25)15(23)13-24/h13,15-18,25H,5-12,14H2,1-4H3/t15-,16+,17+,18-,20+,21-,22-,23-/m1/s1. The predicted molar refractivity (Wildman–Crippen MR) is 103 cm³/mol. The number of hydrogen-bond acceptors (Lipinski definition) is 4. The number of carbonyl (C=O) groups is 2. The minimum Gasteiger partial charge on any atom is -0.466 e. The molecule has 4 aliphatic rings. The van der Waals surface area contributed by atoms with Gasteiger partial charge in [-0.1, -0.05) is 20.3 Å². The lowest BCUT2D eigenvalue weighted by Gasteiger charge is -2.64. The van der Waals surface area contributed by atoms with Crippen LogP contribution < -0.4 is 0 Å². The summed E-state index contributed by atoms with van der Waals surface area (Å²) in [6.45, 7) is 9.00. The summed E-state index contributed by atoms with van der Waals surface area (Å²) in [5, 5.41) is 11.0. The van der Waals surface area contributed by atoms with E-state index in [1.807, 2.05) is 6.92 Å². The van der Waals surface area contributed by atoms with E-state index < -0.39 is 11.5 Å². The van der Waals surface area contributed by atoms with E-state index in [9.17, 15) is 14.7 Å². The number of fused-ring (bicyclic) bond motifs is 3. The second-order valence-corrected chi connectivity index (χ2v) is 10.9. The molecule has 0 heterocycles. The van der Waals surface area contributed by atoms with Crippen molar-refractivity contribution in [2.45, 2.75) is 85.2 Å². The highest BCUT2D eigenvalue weighted by atomic mass is 16.5. The van der Waals surface area contributed by atoms with Crippen molar-refractivity contribution in [3.63, 3.8) is 0 Å². The zero-order valence-corrected chi connectivity index (χ0v) is 17.4. The lowest BCUT2D eigenvalue weighted by Crippen LogP contribution is -2.60. The summed E-state index contributed by atoms with van der Waals surface area (Å²) >= 11 is 0. The topological polar surface area (TPSA) is 63.6 Å². The van der Waals surface area contributed by atoms with E-state index in [-0.39, 0.29) is 28.1 Å². The first-order valence-electron chi connectivity index (χ1n) is 11.0. The van der Waals surface area contributed by atoms with Gasteiger partial charge in [-0.2, -0.15) is 0 Å². The molecule has 4 heteroatoms. The second kappa shape index (κ2) is 6.05. The van der Waals surface area contributed by atoms with Crippen LogP contribution in [0.5, 0.6) is 0 Å². The molecule has 8 atom stereocenters. The summed E-state index contributed by atoms with van der Waals surface area (Å²) in [4.78, 5) is 25.0. The van der Waals surface area contributed by atoms with Crippen molar-refractivity contribution >= 4 is 12.3 Å². The van der Waals surface area contributed by atoms with Crippen LogP contribution >= 0.6 is 0 Å². The van der Waals surface area contributed by atoms with Crippen LogP contribution in [-0.2, 0) is 14.3 Å². The fourth-order valence-corrected chi connectivity index (χ4v) is 8.63. The van der Waals surface area contributed by atoms with Crippen LogP contribution in [0.1, 0.15) is 79.1 Å². The first-order valence-corrected chi connectivity index (χ1v) is 11.0. The van der Waals surface area contributed by atoms with Gasteiger partial charge in [-0.15, -0.1) is 0 Å². The normalized spacial score (nSPS) is 54.0. The van der Waals surface area contributed by atoms with Gasteiger partial charge in [0.25, 0.3) is 0 Å². The van der Waals surface area contributed by atoms with Crippen molar-refractivity contribution in [1.29, 1.82) is 0 Å². The molecular formula is C23H36O4. The molecule has 0 amide bonds. The lowest BCUT2D eigenvalue weighted by atomic mass is 9.39. The lowest BCUT2D eigenvalue weighted by molar-refractivity contribution is -0.191. The van der Waals surface area contributed by atoms with Gasteiger partial charge in [0.1, 0.15) is 6.29 Å².